The molecule has 1 aromatic heterocycles. The van der Waals surface area contributed by atoms with Crippen LogP contribution in [0.15, 0.2) is 34.1 Å². The van der Waals surface area contributed by atoms with Crippen LogP contribution in [-0.2, 0) is 0 Å². The molecule has 0 fully saturated rings. The Morgan fingerprint density at radius 3 is 2.68 bits per heavy atom. The van der Waals surface area contributed by atoms with Crippen LogP contribution < -0.4 is 5.32 Å². The van der Waals surface area contributed by atoms with Crippen molar-refractivity contribution in [3.63, 3.8) is 0 Å². The highest BCUT2D eigenvalue weighted by Crippen LogP contribution is 2.26. The lowest BCUT2D eigenvalue weighted by Crippen LogP contribution is -2.14. The van der Waals surface area contributed by atoms with Crippen molar-refractivity contribution in [3.8, 4) is 0 Å². The molecule has 19 heavy (non-hydrogen) atoms. The second kappa shape index (κ2) is 6.02. The number of amides is 1. The number of hydrogen-bond donors (Lipinski definition) is 2. The van der Waals surface area contributed by atoms with E-state index >= 15 is 0 Å². The first-order valence-electron chi connectivity index (χ1n) is 5.06. The van der Waals surface area contributed by atoms with Gasteiger partial charge in [-0.15, -0.1) is 11.3 Å². The van der Waals surface area contributed by atoms with Gasteiger partial charge in [-0.2, -0.15) is 0 Å². The standard InChI is InChI=1S/C12H7BrINO3S/c13-9-2-1-6(14)5-8(9)10(16)15-11-7(12(17)18)3-4-19-11/h1-5H,(H,15,16)(H,17,18). The number of rotatable bonds is 3. The minimum Gasteiger partial charge on any atom is -0.478 e. The molecule has 0 saturated carbocycles. The Labute approximate surface area is 135 Å². The van der Waals surface area contributed by atoms with Crippen molar-refractivity contribution in [2.24, 2.45) is 0 Å². The van der Waals surface area contributed by atoms with Gasteiger partial charge < -0.3 is 10.4 Å². The molecule has 0 aliphatic heterocycles. The molecule has 1 aromatic carbocycles. The summed E-state index contributed by atoms with van der Waals surface area (Å²) in [5.74, 6) is -1.39. The molecule has 0 aliphatic carbocycles. The molecule has 7 heteroatoms. The van der Waals surface area contributed by atoms with Gasteiger partial charge in [0.25, 0.3) is 5.91 Å². The Kier molecular flexibility index (Phi) is 4.58. The third-order valence-electron chi connectivity index (χ3n) is 2.30. The van der Waals surface area contributed by atoms with E-state index in [-0.39, 0.29) is 11.5 Å². The molecule has 0 bridgehead atoms. The molecule has 2 N–H and O–H groups in total. The molecule has 0 radical (unpaired) electrons. The van der Waals surface area contributed by atoms with E-state index in [1.165, 1.54) is 17.4 Å². The molecular formula is C12H7BrINO3S. The van der Waals surface area contributed by atoms with Gasteiger partial charge in [0.05, 0.1) is 11.1 Å². The summed E-state index contributed by atoms with van der Waals surface area (Å²) in [6.07, 6.45) is 0. The third kappa shape index (κ3) is 3.34. The number of halogens is 2. The maximum absolute atomic E-state index is 12.1. The Morgan fingerprint density at radius 1 is 1.26 bits per heavy atom. The number of benzene rings is 1. The van der Waals surface area contributed by atoms with Crippen molar-refractivity contribution in [2.45, 2.75) is 0 Å². The summed E-state index contributed by atoms with van der Waals surface area (Å²) < 4.78 is 1.59. The Balaban J connectivity index is 2.28. The average Bonchev–Trinajstić information content (AvgIpc) is 2.80. The zero-order valence-corrected chi connectivity index (χ0v) is 13.9. The molecule has 1 heterocycles. The van der Waals surface area contributed by atoms with Crippen molar-refractivity contribution in [2.75, 3.05) is 5.32 Å². The van der Waals surface area contributed by atoms with Gasteiger partial charge in [0.2, 0.25) is 0 Å². The number of carbonyl (C=O) groups excluding carboxylic acids is 1. The summed E-state index contributed by atoms with van der Waals surface area (Å²) in [6, 6.07) is 6.85. The van der Waals surface area contributed by atoms with Crippen LogP contribution in [0.4, 0.5) is 5.00 Å². The first-order chi connectivity index (χ1) is 8.99. The first-order valence-corrected chi connectivity index (χ1v) is 7.81. The second-order valence-electron chi connectivity index (χ2n) is 3.55. The average molecular weight is 452 g/mol. The lowest BCUT2D eigenvalue weighted by Gasteiger charge is -2.06. The summed E-state index contributed by atoms with van der Waals surface area (Å²) >= 11 is 6.60. The van der Waals surface area contributed by atoms with Gasteiger partial charge in [0.1, 0.15) is 5.00 Å². The number of aromatic carboxylic acids is 1. The number of thiophene rings is 1. The normalized spacial score (nSPS) is 10.2. The van der Waals surface area contributed by atoms with Gasteiger partial charge >= 0.3 is 5.97 Å². The van der Waals surface area contributed by atoms with Crippen LogP contribution in [0.3, 0.4) is 0 Å². The Morgan fingerprint density at radius 2 is 2.00 bits per heavy atom. The van der Waals surface area contributed by atoms with Crippen LogP contribution >= 0.6 is 49.9 Å². The molecule has 0 aliphatic rings. The SMILES string of the molecule is O=C(Nc1sccc1C(=O)O)c1cc(I)ccc1Br. The van der Waals surface area contributed by atoms with Crippen LogP contribution in [0.25, 0.3) is 0 Å². The number of carbonyl (C=O) groups is 2. The number of hydrogen-bond acceptors (Lipinski definition) is 3. The quantitative estimate of drug-likeness (QED) is 0.691. The molecule has 0 spiro atoms. The minimum absolute atomic E-state index is 0.0973. The van der Waals surface area contributed by atoms with Gasteiger partial charge in [0, 0.05) is 8.04 Å². The van der Waals surface area contributed by atoms with Gasteiger partial charge in [-0.1, -0.05) is 0 Å². The van der Waals surface area contributed by atoms with E-state index in [1.54, 1.807) is 17.5 Å². The van der Waals surface area contributed by atoms with Gasteiger partial charge in [-0.3, -0.25) is 4.79 Å². The fourth-order valence-corrected chi connectivity index (χ4v) is 3.11. The molecule has 0 saturated heterocycles. The molecule has 0 atom stereocenters. The van der Waals surface area contributed by atoms with Crippen molar-refractivity contribution < 1.29 is 14.7 Å². The molecule has 0 unspecified atom stereocenters. The lowest BCUT2D eigenvalue weighted by molar-refractivity contribution is 0.0698. The third-order valence-corrected chi connectivity index (χ3v) is 4.49. The fraction of sp³-hybridized carbons (Fsp3) is 0. The fourth-order valence-electron chi connectivity index (χ4n) is 1.42. The van der Waals surface area contributed by atoms with Gasteiger partial charge in [0.15, 0.2) is 0 Å². The molecule has 4 nitrogen and oxygen atoms in total. The van der Waals surface area contributed by atoms with Crippen molar-refractivity contribution in [1.29, 1.82) is 0 Å². The monoisotopic (exact) mass is 451 g/mol. The van der Waals surface area contributed by atoms with Crippen molar-refractivity contribution in [3.05, 3.63) is 48.8 Å². The van der Waals surface area contributed by atoms with Crippen LogP contribution in [0, 0.1) is 3.57 Å². The topological polar surface area (TPSA) is 66.4 Å². The maximum Gasteiger partial charge on any atom is 0.338 e. The highest BCUT2D eigenvalue weighted by atomic mass is 127. The van der Waals surface area contributed by atoms with E-state index in [9.17, 15) is 9.59 Å². The summed E-state index contributed by atoms with van der Waals surface area (Å²) in [6.45, 7) is 0. The van der Waals surface area contributed by atoms with Gasteiger partial charge in [-0.25, -0.2) is 4.79 Å². The second-order valence-corrected chi connectivity index (χ2v) is 6.56. The van der Waals surface area contributed by atoms with Crippen molar-refractivity contribution >= 4 is 66.7 Å². The van der Waals surface area contributed by atoms with E-state index in [0.29, 0.717) is 15.0 Å². The van der Waals surface area contributed by atoms with E-state index < -0.39 is 5.97 Å². The Bertz CT molecular complexity index is 656. The van der Waals surface area contributed by atoms with Crippen LogP contribution in [-0.4, -0.2) is 17.0 Å². The highest BCUT2D eigenvalue weighted by Gasteiger charge is 2.16. The van der Waals surface area contributed by atoms with E-state index in [1.807, 2.05) is 6.07 Å². The number of carboxylic acids is 1. The molecule has 2 rings (SSSR count). The smallest absolute Gasteiger partial charge is 0.338 e. The van der Waals surface area contributed by atoms with Crippen molar-refractivity contribution in [1.82, 2.24) is 0 Å². The van der Waals surface area contributed by atoms with E-state index in [0.717, 1.165) is 3.57 Å². The van der Waals surface area contributed by atoms with Crippen LogP contribution in [0.5, 0.6) is 0 Å². The summed E-state index contributed by atoms with van der Waals surface area (Å²) in [5, 5.41) is 13.6. The summed E-state index contributed by atoms with van der Waals surface area (Å²) in [5.41, 5.74) is 0.566. The summed E-state index contributed by atoms with van der Waals surface area (Å²) in [7, 11) is 0. The molecule has 2 aromatic rings. The lowest BCUT2D eigenvalue weighted by atomic mass is 10.2. The van der Waals surface area contributed by atoms with Crippen LogP contribution in [0.2, 0.25) is 0 Å². The molecule has 1 amide bonds. The Hall–Kier alpha value is -0.930. The highest BCUT2D eigenvalue weighted by molar-refractivity contribution is 14.1. The molecule has 98 valence electrons. The van der Waals surface area contributed by atoms with Crippen LogP contribution in [0.1, 0.15) is 20.7 Å². The number of carboxylic acid groups (broad SMARTS) is 1. The number of nitrogens with one attached hydrogen (secondary N) is 1. The van der Waals surface area contributed by atoms with E-state index in [2.05, 4.69) is 43.8 Å². The number of anilines is 1. The zero-order valence-electron chi connectivity index (χ0n) is 9.31. The van der Waals surface area contributed by atoms with E-state index in [4.69, 9.17) is 5.11 Å². The first kappa shape index (κ1) is 14.5. The molecular weight excluding hydrogens is 445 g/mol. The van der Waals surface area contributed by atoms with Gasteiger partial charge in [-0.05, 0) is 68.2 Å². The predicted molar refractivity (Wildman–Crippen MR) is 86.1 cm³/mol. The largest absolute Gasteiger partial charge is 0.478 e. The zero-order chi connectivity index (χ0) is 14.0. The summed E-state index contributed by atoms with van der Waals surface area (Å²) in [4.78, 5) is 23.1. The maximum atomic E-state index is 12.1. The predicted octanol–water partition coefficient (Wildman–Crippen LogP) is 4.07. The minimum atomic E-state index is -1.06.